The van der Waals surface area contributed by atoms with Crippen molar-refractivity contribution in [2.45, 2.75) is 12.5 Å². The van der Waals surface area contributed by atoms with Gasteiger partial charge >= 0.3 is 0 Å². The van der Waals surface area contributed by atoms with Crippen molar-refractivity contribution in [2.24, 2.45) is 5.73 Å². The second kappa shape index (κ2) is 6.23. The standard InChI is InChI=1S/C6H14N2O4S2/c7-5(4-13)6(9)8-2-1-3-14(10,11)12/h5,13H,1-4,7H2,(H,8,9)(H,10,11,12)/t5-/m0/s1/i6+1,9+2. The molecule has 0 spiro atoms. The predicted molar refractivity (Wildman–Crippen MR) is 55.9 cm³/mol. The van der Waals surface area contributed by atoms with Crippen molar-refractivity contribution in [3.05, 3.63) is 0 Å². The van der Waals surface area contributed by atoms with Gasteiger partial charge in [-0.25, -0.2) is 0 Å². The van der Waals surface area contributed by atoms with E-state index in [0.717, 1.165) is 0 Å². The van der Waals surface area contributed by atoms with Gasteiger partial charge in [-0.1, -0.05) is 0 Å². The average molecular weight is 245 g/mol. The summed E-state index contributed by atoms with van der Waals surface area (Å²) in [5.74, 6) is -0.525. The number of carbonyl (C=O) groups excluding carboxylic acids is 1. The van der Waals surface area contributed by atoms with Crippen molar-refractivity contribution in [1.82, 2.24) is 5.32 Å². The van der Waals surface area contributed by atoms with E-state index >= 15 is 0 Å². The molecule has 84 valence electrons. The van der Waals surface area contributed by atoms with Crippen molar-refractivity contribution >= 4 is 28.7 Å². The van der Waals surface area contributed by atoms with Crippen LogP contribution < -0.4 is 11.1 Å². The summed E-state index contributed by atoms with van der Waals surface area (Å²) in [7, 11) is -3.95. The van der Waals surface area contributed by atoms with Crippen molar-refractivity contribution in [3.63, 3.8) is 0 Å². The molecule has 4 N–H and O–H groups in total. The Bertz CT molecular complexity index is 278. The number of carbonyl (C=O) groups is 1. The van der Waals surface area contributed by atoms with Gasteiger partial charge in [-0.3, -0.25) is 9.35 Å². The zero-order valence-electron chi connectivity index (χ0n) is 7.51. The number of thiol groups is 1. The van der Waals surface area contributed by atoms with E-state index in [1.54, 1.807) is 0 Å². The van der Waals surface area contributed by atoms with E-state index in [0.29, 0.717) is 0 Å². The monoisotopic (exact) mass is 245 g/mol. The smallest absolute Gasteiger partial charge is 0.264 e. The summed E-state index contributed by atoms with van der Waals surface area (Å²) >= 11 is 3.82. The van der Waals surface area contributed by atoms with Crippen LogP contribution in [0, 0.1) is 0 Å². The highest BCUT2D eigenvalue weighted by Crippen LogP contribution is 1.88. The molecule has 0 rings (SSSR count). The van der Waals surface area contributed by atoms with Crippen LogP contribution in [0.15, 0.2) is 0 Å². The Kier molecular flexibility index (Phi) is 6.09. The number of nitrogens with two attached hydrogens (primary N) is 1. The Morgan fingerprint density at radius 3 is 2.64 bits per heavy atom. The molecule has 8 heteroatoms. The van der Waals surface area contributed by atoms with Crippen molar-refractivity contribution in [1.29, 1.82) is 0 Å². The first kappa shape index (κ1) is 13.7. The Morgan fingerprint density at radius 2 is 2.21 bits per heavy atom. The summed E-state index contributed by atoms with van der Waals surface area (Å²) in [4.78, 5) is 11.0. The molecule has 0 heterocycles. The molecule has 0 aliphatic rings. The lowest BCUT2D eigenvalue weighted by Gasteiger charge is -2.08. The highest BCUT2D eigenvalue weighted by atomic mass is 32.2. The van der Waals surface area contributed by atoms with Crippen LogP contribution in [0.2, 0.25) is 0 Å². The van der Waals surface area contributed by atoms with Gasteiger partial charge in [-0.15, -0.1) is 0 Å². The highest BCUT2D eigenvalue weighted by Gasteiger charge is 2.10. The third-order valence-electron chi connectivity index (χ3n) is 1.41. The van der Waals surface area contributed by atoms with Crippen LogP contribution >= 0.6 is 12.6 Å². The van der Waals surface area contributed by atoms with E-state index in [2.05, 4.69) is 17.9 Å². The first-order valence-corrected chi connectivity index (χ1v) is 6.20. The quantitative estimate of drug-likeness (QED) is 0.152. The molecule has 0 aromatic heterocycles. The Labute approximate surface area is 88.4 Å². The third kappa shape index (κ3) is 7.13. The van der Waals surface area contributed by atoms with Crippen molar-refractivity contribution in [2.75, 3.05) is 18.1 Å². The molecule has 0 unspecified atom stereocenters. The Morgan fingerprint density at radius 1 is 1.64 bits per heavy atom. The van der Waals surface area contributed by atoms with Gasteiger partial charge in [0.05, 0.1) is 11.8 Å². The van der Waals surface area contributed by atoms with E-state index in [4.69, 9.17) is 10.3 Å². The number of rotatable bonds is 6. The minimum Gasteiger partial charge on any atom is -0.355 e. The highest BCUT2D eigenvalue weighted by molar-refractivity contribution is 7.85. The average Bonchev–Trinajstić information content (AvgIpc) is 2.09. The van der Waals surface area contributed by atoms with E-state index < -0.39 is 16.2 Å². The van der Waals surface area contributed by atoms with Gasteiger partial charge in [0.2, 0.25) is 5.91 Å². The molecule has 0 saturated carbocycles. The summed E-state index contributed by atoms with van der Waals surface area (Å²) in [5, 5.41) is 2.42. The molecule has 0 aliphatic heterocycles. The summed E-state index contributed by atoms with van der Waals surface area (Å²) < 4.78 is 28.9. The van der Waals surface area contributed by atoms with Gasteiger partial charge in [0.1, 0.15) is 0 Å². The van der Waals surface area contributed by atoms with Crippen LogP contribution in [0.3, 0.4) is 0 Å². The minimum absolute atomic E-state index is 0.157. The lowest BCUT2D eigenvalue weighted by molar-refractivity contribution is -0.121. The Hall–Kier alpha value is -0.310. The molecule has 14 heavy (non-hydrogen) atoms. The molecule has 0 bridgehead atoms. The fourth-order valence-corrected chi connectivity index (χ4v) is 1.36. The van der Waals surface area contributed by atoms with E-state index in [1.165, 1.54) is 0 Å². The number of amides is 1. The lowest BCUT2D eigenvalue weighted by atomic mass is 10.5. The number of hydrogen-bond donors (Lipinski definition) is 4. The number of nitrogens with one attached hydrogen (secondary N) is 1. The molecule has 6 nitrogen and oxygen atoms in total. The SMILES string of the molecule is N[C@@H](CS)[13C](=[18O])NCCCS(=O)(=O)O. The van der Waals surface area contributed by atoms with Crippen molar-refractivity contribution in [3.8, 4) is 0 Å². The molecule has 0 aromatic carbocycles. The first-order valence-electron chi connectivity index (χ1n) is 3.96. The molecular weight excluding hydrogens is 231 g/mol. The molecule has 0 fully saturated rings. The topological polar surface area (TPSA) is 109 Å². The fraction of sp³-hybridized carbons (Fsp3) is 0.833. The summed E-state index contributed by atoms with van der Waals surface area (Å²) in [6.45, 7) is 0.167. The molecule has 1 amide bonds. The number of hydrogen-bond acceptors (Lipinski definition) is 5. The van der Waals surface area contributed by atoms with Crippen LogP contribution in [0.5, 0.6) is 0 Å². The van der Waals surface area contributed by atoms with Crippen LogP contribution in [-0.2, 0) is 14.9 Å². The Balaban J connectivity index is 3.61. The predicted octanol–water partition coefficient (Wildman–Crippen LogP) is -1.36. The molecule has 1 atom stereocenters. The zero-order chi connectivity index (χ0) is 11.2. The normalized spacial score (nSPS) is 13.6. The van der Waals surface area contributed by atoms with Crippen LogP contribution in [-0.4, -0.2) is 43.0 Å². The van der Waals surface area contributed by atoms with Crippen molar-refractivity contribution < 1.29 is 17.8 Å². The summed E-state index contributed by atoms with van der Waals surface area (Å²) in [6.07, 6.45) is 0.157. The second-order valence-corrected chi connectivity index (χ2v) is 4.66. The van der Waals surface area contributed by atoms with Gasteiger partial charge in [0.15, 0.2) is 0 Å². The van der Waals surface area contributed by atoms with Crippen LogP contribution in [0.4, 0.5) is 0 Å². The summed E-state index contributed by atoms with van der Waals surface area (Å²) in [5.41, 5.74) is 5.33. The molecular formula is C6H14N2O4S2. The molecule has 0 saturated heterocycles. The van der Waals surface area contributed by atoms with E-state index in [-0.39, 0.29) is 30.4 Å². The molecule has 0 radical (unpaired) electrons. The maximum absolute atomic E-state index is 11.0. The zero-order valence-corrected chi connectivity index (χ0v) is 9.22. The summed E-state index contributed by atoms with van der Waals surface area (Å²) in [6, 6.07) is -0.691. The first-order chi connectivity index (χ1) is 6.37. The van der Waals surface area contributed by atoms with E-state index in [9.17, 15) is 13.2 Å². The largest absolute Gasteiger partial charge is 0.355 e. The maximum Gasteiger partial charge on any atom is 0.264 e. The van der Waals surface area contributed by atoms with Gasteiger partial charge in [0, 0.05) is 12.3 Å². The van der Waals surface area contributed by atoms with Gasteiger partial charge < -0.3 is 11.1 Å². The minimum atomic E-state index is -3.95. The van der Waals surface area contributed by atoms with Crippen LogP contribution in [0.1, 0.15) is 6.42 Å². The van der Waals surface area contributed by atoms with Gasteiger partial charge in [-0.2, -0.15) is 21.0 Å². The van der Waals surface area contributed by atoms with E-state index in [1.807, 2.05) is 0 Å². The molecule has 0 aliphatic carbocycles. The fourth-order valence-electron chi connectivity index (χ4n) is 0.680. The third-order valence-corrected chi connectivity index (χ3v) is 2.61. The van der Waals surface area contributed by atoms with Gasteiger partial charge in [0.25, 0.3) is 10.1 Å². The van der Waals surface area contributed by atoms with Crippen LogP contribution in [0.25, 0.3) is 0 Å². The second-order valence-electron chi connectivity index (χ2n) is 2.72. The maximum atomic E-state index is 11.0. The van der Waals surface area contributed by atoms with Gasteiger partial charge in [-0.05, 0) is 6.42 Å². The molecule has 0 aromatic rings. The lowest BCUT2D eigenvalue weighted by Crippen LogP contribution is -2.42.